The summed E-state index contributed by atoms with van der Waals surface area (Å²) in [5.74, 6) is -1.17. The molecule has 0 aliphatic heterocycles. The molecule has 3 nitrogen and oxygen atoms in total. The first-order chi connectivity index (χ1) is 5.74. The number of rotatable bonds is 7. The van der Waals surface area contributed by atoms with Crippen molar-refractivity contribution in [1.29, 1.82) is 0 Å². The van der Waals surface area contributed by atoms with E-state index in [2.05, 4.69) is 12.7 Å². The molecule has 0 N–H and O–H groups in total. The monoisotopic (exact) mass is 180 g/mol. The van der Waals surface area contributed by atoms with Crippen LogP contribution < -0.4 is 18.9 Å². The van der Waals surface area contributed by atoms with Crippen LogP contribution in [0.15, 0.2) is 6.58 Å². The molecule has 0 aromatic carbocycles. The van der Waals surface area contributed by atoms with Crippen LogP contribution in [0, 0.1) is 6.08 Å². The summed E-state index contributed by atoms with van der Waals surface area (Å²) in [6, 6.07) is 0. The molecule has 0 bridgehead atoms. The van der Waals surface area contributed by atoms with Crippen molar-refractivity contribution in [2.75, 3.05) is 19.8 Å². The Balaban J connectivity index is 0. The molecular formula is C9H17LiO3. The van der Waals surface area contributed by atoms with Crippen LogP contribution in [0.4, 0.5) is 0 Å². The molecule has 13 heavy (non-hydrogen) atoms. The van der Waals surface area contributed by atoms with Gasteiger partial charge in [-0.05, 0) is 20.8 Å². The van der Waals surface area contributed by atoms with Crippen molar-refractivity contribution in [2.24, 2.45) is 0 Å². The van der Waals surface area contributed by atoms with E-state index in [4.69, 9.17) is 14.2 Å². The van der Waals surface area contributed by atoms with Crippen LogP contribution in [0.1, 0.15) is 20.8 Å². The van der Waals surface area contributed by atoms with E-state index < -0.39 is 5.97 Å². The third-order valence-corrected chi connectivity index (χ3v) is 1.22. The maximum Gasteiger partial charge on any atom is 1.00 e. The maximum atomic E-state index is 5.24. The molecule has 0 amide bonds. The molecule has 0 aliphatic rings. The Labute approximate surface area is 92.6 Å². The van der Waals surface area contributed by atoms with E-state index in [9.17, 15) is 0 Å². The summed E-state index contributed by atoms with van der Waals surface area (Å²) in [7, 11) is 0. The summed E-state index contributed by atoms with van der Waals surface area (Å²) in [6.45, 7) is 10.6. The Kier molecular flexibility index (Phi) is 10.6. The van der Waals surface area contributed by atoms with Crippen molar-refractivity contribution in [3.63, 3.8) is 0 Å². The van der Waals surface area contributed by atoms with Crippen molar-refractivity contribution in [2.45, 2.75) is 26.7 Å². The Bertz CT molecular complexity index is 111. The topological polar surface area (TPSA) is 27.7 Å². The first-order valence-corrected chi connectivity index (χ1v) is 4.20. The zero-order valence-corrected chi connectivity index (χ0v) is 9.05. The molecule has 0 aromatic heterocycles. The molecular weight excluding hydrogens is 163 g/mol. The van der Waals surface area contributed by atoms with Gasteiger partial charge in [-0.25, -0.2) is 0 Å². The third-order valence-electron chi connectivity index (χ3n) is 1.22. The summed E-state index contributed by atoms with van der Waals surface area (Å²) in [5, 5.41) is 0. The standard InChI is InChI=1S/C9H17O3.Li/c1-5-9(10-6-2,11-7-3)12-8-4;/h1,6-8H2,2-4H3;/q-1;+1. The van der Waals surface area contributed by atoms with Gasteiger partial charge in [0.15, 0.2) is 0 Å². The van der Waals surface area contributed by atoms with E-state index in [1.165, 1.54) is 0 Å². The van der Waals surface area contributed by atoms with Crippen LogP contribution in [-0.2, 0) is 14.2 Å². The van der Waals surface area contributed by atoms with Gasteiger partial charge in [-0.15, -0.1) is 0 Å². The van der Waals surface area contributed by atoms with E-state index in [1.807, 2.05) is 20.8 Å². The van der Waals surface area contributed by atoms with Gasteiger partial charge >= 0.3 is 18.9 Å². The molecule has 0 heterocycles. The van der Waals surface area contributed by atoms with E-state index in [0.29, 0.717) is 19.8 Å². The number of hydrogen-bond acceptors (Lipinski definition) is 3. The van der Waals surface area contributed by atoms with Crippen LogP contribution in [-0.4, -0.2) is 25.8 Å². The second-order valence-electron chi connectivity index (χ2n) is 2.03. The fourth-order valence-electron chi connectivity index (χ4n) is 0.848. The molecule has 0 aliphatic carbocycles. The minimum absolute atomic E-state index is 0. The average molecular weight is 180 g/mol. The van der Waals surface area contributed by atoms with Gasteiger partial charge in [0.25, 0.3) is 0 Å². The minimum Gasteiger partial charge on any atom is -0.412 e. The predicted octanol–water partition coefficient (Wildman–Crippen LogP) is -1.26. The van der Waals surface area contributed by atoms with Gasteiger partial charge in [0.1, 0.15) is 5.97 Å². The molecule has 0 aromatic rings. The van der Waals surface area contributed by atoms with Crippen molar-refractivity contribution in [3.8, 4) is 0 Å². The smallest absolute Gasteiger partial charge is 0.412 e. The van der Waals surface area contributed by atoms with Gasteiger partial charge in [0, 0.05) is 19.8 Å². The van der Waals surface area contributed by atoms with Crippen LogP contribution >= 0.6 is 0 Å². The van der Waals surface area contributed by atoms with Crippen LogP contribution in [0.3, 0.4) is 0 Å². The van der Waals surface area contributed by atoms with Gasteiger partial charge in [-0.2, -0.15) is 0 Å². The molecule has 0 spiro atoms. The first kappa shape index (κ1) is 15.7. The first-order valence-electron chi connectivity index (χ1n) is 4.20. The Morgan fingerprint density at radius 1 is 1.00 bits per heavy atom. The van der Waals surface area contributed by atoms with Crippen molar-refractivity contribution in [1.82, 2.24) is 0 Å². The van der Waals surface area contributed by atoms with E-state index in [1.54, 1.807) is 0 Å². The van der Waals surface area contributed by atoms with E-state index >= 15 is 0 Å². The summed E-state index contributed by atoms with van der Waals surface area (Å²) >= 11 is 0. The number of hydrogen-bond donors (Lipinski definition) is 0. The summed E-state index contributed by atoms with van der Waals surface area (Å²) in [5.41, 5.74) is 0. The third kappa shape index (κ3) is 5.51. The molecule has 4 heteroatoms. The molecule has 0 radical (unpaired) electrons. The van der Waals surface area contributed by atoms with E-state index in [0.717, 1.165) is 0 Å². The average Bonchev–Trinajstić information content (AvgIpc) is 2.06. The quantitative estimate of drug-likeness (QED) is 0.278. The van der Waals surface area contributed by atoms with E-state index in [-0.39, 0.29) is 18.9 Å². The van der Waals surface area contributed by atoms with Gasteiger partial charge in [0.2, 0.25) is 0 Å². The van der Waals surface area contributed by atoms with Gasteiger partial charge < -0.3 is 20.3 Å². The fraction of sp³-hybridized carbons (Fsp3) is 0.778. The zero-order chi connectivity index (χ0) is 9.45. The summed E-state index contributed by atoms with van der Waals surface area (Å²) in [6.07, 6.45) is 2.60. The van der Waals surface area contributed by atoms with Crippen molar-refractivity contribution >= 4 is 0 Å². The molecule has 0 saturated heterocycles. The fourth-order valence-corrected chi connectivity index (χ4v) is 0.848. The summed E-state index contributed by atoms with van der Waals surface area (Å²) in [4.78, 5) is 0. The van der Waals surface area contributed by atoms with Crippen molar-refractivity contribution in [3.05, 3.63) is 12.7 Å². The molecule has 0 unspecified atom stereocenters. The van der Waals surface area contributed by atoms with Crippen LogP contribution in [0.2, 0.25) is 0 Å². The molecule has 0 rings (SSSR count). The number of ether oxygens (including phenoxy) is 3. The molecule has 0 fully saturated rings. The van der Waals surface area contributed by atoms with Crippen molar-refractivity contribution < 1.29 is 33.1 Å². The van der Waals surface area contributed by atoms with Gasteiger partial charge in [-0.1, -0.05) is 0 Å². The normalized spacial score (nSPS) is 10.7. The van der Waals surface area contributed by atoms with Crippen LogP contribution in [0.25, 0.3) is 0 Å². The maximum absolute atomic E-state index is 5.24. The molecule has 72 valence electrons. The molecule has 0 atom stereocenters. The summed E-state index contributed by atoms with van der Waals surface area (Å²) < 4.78 is 15.7. The SMILES string of the molecule is C=[C-]C(OCC)(OCC)OCC.[Li+]. The largest absolute Gasteiger partial charge is 1.00 e. The zero-order valence-electron chi connectivity index (χ0n) is 9.05. The second-order valence-corrected chi connectivity index (χ2v) is 2.03. The Hall–Kier alpha value is 0.217. The van der Waals surface area contributed by atoms with Gasteiger partial charge in [-0.3, -0.25) is 6.58 Å². The molecule has 0 saturated carbocycles. The Morgan fingerprint density at radius 3 is 1.46 bits per heavy atom. The predicted molar refractivity (Wildman–Crippen MR) is 46.5 cm³/mol. The minimum atomic E-state index is -1.17. The van der Waals surface area contributed by atoms with Crippen LogP contribution in [0.5, 0.6) is 0 Å². The second kappa shape index (κ2) is 8.80. The Morgan fingerprint density at radius 2 is 1.31 bits per heavy atom. The van der Waals surface area contributed by atoms with Gasteiger partial charge in [0.05, 0.1) is 0 Å².